The molecule has 0 bridgehead atoms. The van der Waals surface area contributed by atoms with Gasteiger partial charge in [-0.1, -0.05) is 13.8 Å². The number of ether oxygens (including phenoxy) is 1. The van der Waals surface area contributed by atoms with E-state index in [0.29, 0.717) is 49.4 Å². The van der Waals surface area contributed by atoms with Crippen molar-refractivity contribution in [3.8, 4) is 0 Å². The zero-order valence-electron chi connectivity index (χ0n) is 17.7. The lowest BCUT2D eigenvalue weighted by Crippen LogP contribution is -2.50. The van der Waals surface area contributed by atoms with E-state index in [-0.39, 0.29) is 28.4 Å². The Morgan fingerprint density at radius 2 is 1.96 bits per heavy atom. The Bertz CT molecular complexity index is 698. The van der Waals surface area contributed by atoms with Crippen molar-refractivity contribution in [2.24, 2.45) is 34.5 Å². The number of rotatable bonds is 4. The van der Waals surface area contributed by atoms with Crippen molar-refractivity contribution in [1.82, 2.24) is 0 Å². The maximum absolute atomic E-state index is 15.2. The largest absolute Gasteiger partial charge is 0.469 e. The number of methoxy groups -OCH3 is 1. The Balaban J connectivity index is 1.53. The molecule has 0 aromatic rings. The van der Waals surface area contributed by atoms with Gasteiger partial charge in [0.05, 0.1) is 7.11 Å². The van der Waals surface area contributed by atoms with E-state index in [1.165, 1.54) is 26.4 Å². The van der Waals surface area contributed by atoms with E-state index in [9.17, 15) is 9.59 Å². The second-order valence-electron chi connectivity index (χ2n) is 10.4. The summed E-state index contributed by atoms with van der Waals surface area (Å²) in [6.45, 7) is 4.68. The average Bonchev–Trinajstić information content (AvgIpc) is 3.00. The molecule has 4 rings (SSSR count). The number of hydrogen-bond acceptors (Lipinski definition) is 3. The third kappa shape index (κ3) is 3.06. The van der Waals surface area contributed by atoms with E-state index in [0.717, 1.165) is 31.3 Å². The SMILES string of the molecule is COC(=O)CCCC1CCC2C3CC(F)=C4CC(=O)CCC4(C)C3CCC12C. The predicted molar refractivity (Wildman–Crippen MR) is 106 cm³/mol. The Morgan fingerprint density at radius 3 is 2.71 bits per heavy atom. The summed E-state index contributed by atoms with van der Waals surface area (Å²) < 4.78 is 20.0. The summed E-state index contributed by atoms with van der Waals surface area (Å²) in [6, 6.07) is 0. The van der Waals surface area contributed by atoms with Crippen LogP contribution in [-0.2, 0) is 14.3 Å². The normalized spacial score (nSPS) is 42.6. The van der Waals surface area contributed by atoms with Crippen molar-refractivity contribution in [2.45, 2.75) is 84.5 Å². The smallest absolute Gasteiger partial charge is 0.305 e. The molecule has 0 spiro atoms. The van der Waals surface area contributed by atoms with Gasteiger partial charge in [-0.2, -0.15) is 0 Å². The molecule has 28 heavy (non-hydrogen) atoms. The Morgan fingerprint density at radius 1 is 1.18 bits per heavy atom. The van der Waals surface area contributed by atoms with Crippen LogP contribution in [0.4, 0.5) is 4.39 Å². The van der Waals surface area contributed by atoms with E-state index in [1.54, 1.807) is 0 Å². The van der Waals surface area contributed by atoms with Crippen molar-refractivity contribution in [3.05, 3.63) is 11.4 Å². The second kappa shape index (κ2) is 7.25. The number of esters is 1. The van der Waals surface area contributed by atoms with Crippen molar-refractivity contribution in [1.29, 1.82) is 0 Å². The first kappa shape index (κ1) is 20.1. The van der Waals surface area contributed by atoms with Gasteiger partial charge in [-0.15, -0.1) is 0 Å². The molecule has 0 amide bonds. The van der Waals surface area contributed by atoms with Crippen molar-refractivity contribution in [2.75, 3.05) is 7.11 Å². The zero-order valence-corrected chi connectivity index (χ0v) is 17.7. The van der Waals surface area contributed by atoms with Gasteiger partial charge in [0.25, 0.3) is 0 Å². The average molecular weight is 391 g/mol. The van der Waals surface area contributed by atoms with Crippen molar-refractivity contribution < 1.29 is 18.7 Å². The number of halogens is 1. The lowest BCUT2D eigenvalue weighted by atomic mass is 9.47. The molecule has 156 valence electrons. The third-order valence-electron chi connectivity index (χ3n) is 9.34. The third-order valence-corrected chi connectivity index (χ3v) is 9.34. The van der Waals surface area contributed by atoms with E-state index in [4.69, 9.17) is 4.74 Å². The van der Waals surface area contributed by atoms with E-state index < -0.39 is 0 Å². The van der Waals surface area contributed by atoms with Gasteiger partial charge < -0.3 is 4.74 Å². The number of carbonyl (C=O) groups is 2. The molecule has 3 saturated carbocycles. The molecule has 0 aromatic heterocycles. The fourth-order valence-corrected chi connectivity index (χ4v) is 7.72. The first-order valence-corrected chi connectivity index (χ1v) is 11.3. The molecule has 0 aromatic carbocycles. The molecule has 3 nitrogen and oxygen atoms in total. The van der Waals surface area contributed by atoms with Crippen LogP contribution in [0.15, 0.2) is 11.4 Å². The van der Waals surface area contributed by atoms with E-state index in [1.807, 2.05) is 0 Å². The lowest BCUT2D eigenvalue weighted by Gasteiger charge is -2.57. The molecule has 4 aliphatic carbocycles. The maximum Gasteiger partial charge on any atom is 0.305 e. The number of fused-ring (bicyclic) bond motifs is 5. The number of Topliss-reactive ketones (excluding diaryl/α,β-unsaturated/α-hetero) is 1. The van der Waals surface area contributed by atoms with Gasteiger partial charge in [0, 0.05) is 25.7 Å². The van der Waals surface area contributed by atoms with Crippen LogP contribution in [0.5, 0.6) is 0 Å². The van der Waals surface area contributed by atoms with Gasteiger partial charge in [-0.3, -0.25) is 9.59 Å². The minimum absolute atomic E-state index is 0.0372. The second-order valence-corrected chi connectivity index (χ2v) is 10.4. The van der Waals surface area contributed by atoms with Gasteiger partial charge in [0.1, 0.15) is 11.6 Å². The molecular weight excluding hydrogens is 355 g/mol. The van der Waals surface area contributed by atoms with E-state index in [2.05, 4.69) is 13.8 Å². The molecule has 0 aliphatic heterocycles. The number of hydrogen-bond donors (Lipinski definition) is 0. The molecule has 0 radical (unpaired) electrons. The summed E-state index contributed by atoms with van der Waals surface area (Å²) >= 11 is 0. The topological polar surface area (TPSA) is 43.4 Å². The zero-order chi connectivity index (χ0) is 20.1. The highest BCUT2D eigenvalue weighted by Gasteiger charge is 2.59. The van der Waals surface area contributed by atoms with Crippen molar-refractivity contribution >= 4 is 11.8 Å². The number of carbonyl (C=O) groups excluding carboxylic acids is 2. The van der Waals surface area contributed by atoms with Gasteiger partial charge >= 0.3 is 5.97 Å². The van der Waals surface area contributed by atoms with Crippen LogP contribution < -0.4 is 0 Å². The lowest BCUT2D eigenvalue weighted by molar-refractivity contribution is -0.140. The predicted octanol–water partition coefficient (Wildman–Crippen LogP) is 5.78. The van der Waals surface area contributed by atoms with Crippen LogP contribution in [0.25, 0.3) is 0 Å². The first-order chi connectivity index (χ1) is 13.3. The fourth-order valence-electron chi connectivity index (χ4n) is 7.72. The fraction of sp³-hybridized carbons (Fsp3) is 0.833. The first-order valence-electron chi connectivity index (χ1n) is 11.3. The summed E-state index contributed by atoms with van der Waals surface area (Å²) in [5.41, 5.74) is 1.02. The highest BCUT2D eigenvalue weighted by molar-refractivity contribution is 5.82. The van der Waals surface area contributed by atoms with Crippen LogP contribution in [0.3, 0.4) is 0 Å². The van der Waals surface area contributed by atoms with Crippen LogP contribution in [0.1, 0.15) is 84.5 Å². The molecule has 6 unspecified atom stereocenters. The Labute approximate surface area is 168 Å². The van der Waals surface area contributed by atoms with Crippen LogP contribution in [0.2, 0.25) is 0 Å². The molecule has 3 fully saturated rings. The van der Waals surface area contributed by atoms with Gasteiger partial charge in [-0.05, 0) is 85.0 Å². The molecule has 0 N–H and O–H groups in total. The molecule has 6 atom stereocenters. The van der Waals surface area contributed by atoms with Crippen LogP contribution in [0, 0.1) is 34.5 Å². The van der Waals surface area contributed by atoms with Gasteiger partial charge in [0.2, 0.25) is 0 Å². The summed E-state index contributed by atoms with van der Waals surface area (Å²) in [7, 11) is 1.45. The number of allylic oxidation sites excluding steroid dienone is 2. The minimum Gasteiger partial charge on any atom is -0.469 e. The summed E-state index contributed by atoms with van der Waals surface area (Å²) in [5, 5.41) is 0. The van der Waals surface area contributed by atoms with Crippen molar-refractivity contribution in [3.63, 3.8) is 0 Å². The quantitative estimate of drug-likeness (QED) is 0.572. The highest BCUT2D eigenvalue weighted by atomic mass is 19.1. The molecular formula is C24H35FO3. The van der Waals surface area contributed by atoms with E-state index >= 15 is 4.39 Å². The summed E-state index contributed by atoms with van der Waals surface area (Å²) in [6.07, 6.45) is 9.61. The minimum atomic E-state index is -0.116. The van der Waals surface area contributed by atoms with Crippen LogP contribution in [-0.4, -0.2) is 18.9 Å². The maximum atomic E-state index is 15.2. The number of ketones is 1. The highest BCUT2D eigenvalue weighted by Crippen LogP contribution is 2.67. The van der Waals surface area contributed by atoms with Gasteiger partial charge in [-0.25, -0.2) is 4.39 Å². The van der Waals surface area contributed by atoms with Gasteiger partial charge in [0.15, 0.2) is 0 Å². The molecule has 4 aliphatic rings. The van der Waals surface area contributed by atoms with Crippen LogP contribution >= 0.6 is 0 Å². The Kier molecular flexibility index (Phi) is 5.20. The summed E-state index contributed by atoms with van der Waals surface area (Å²) in [5.74, 6) is 2.31. The molecule has 0 saturated heterocycles. The standard InChI is InChI=1S/C24H35FO3/c1-23-12-10-19-17(14-21(25)20-13-16(26)9-11-24(19,20)2)18(23)8-7-15(23)5-4-6-22(27)28-3/h15,17-19H,4-14H2,1-3H3. The monoisotopic (exact) mass is 390 g/mol. The molecule has 4 heteroatoms. The Hall–Kier alpha value is -1.19. The summed E-state index contributed by atoms with van der Waals surface area (Å²) in [4.78, 5) is 23.5. The molecule has 0 heterocycles.